The molecule has 1 fully saturated rings. The van der Waals surface area contributed by atoms with Crippen LogP contribution in [0.5, 0.6) is 23.1 Å². The maximum absolute atomic E-state index is 6.37. The molecule has 3 aliphatic rings. The Kier molecular flexibility index (Phi) is 4.93. The Morgan fingerprint density at radius 1 is 1.16 bits per heavy atom. The Balaban J connectivity index is 1.40. The van der Waals surface area contributed by atoms with Crippen LogP contribution in [0.2, 0.25) is 0 Å². The van der Waals surface area contributed by atoms with E-state index in [1.165, 1.54) is 16.9 Å². The van der Waals surface area contributed by atoms with E-state index in [0.717, 1.165) is 60.9 Å². The number of aryl methyl sites for hydroxylation is 1. The van der Waals surface area contributed by atoms with Crippen LogP contribution in [-0.4, -0.2) is 48.0 Å². The van der Waals surface area contributed by atoms with Crippen molar-refractivity contribution in [1.82, 2.24) is 14.9 Å². The van der Waals surface area contributed by atoms with Gasteiger partial charge in [-0.1, -0.05) is 6.92 Å². The number of thiophene rings is 1. The highest BCUT2D eigenvalue weighted by Gasteiger charge is 2.26. The summed E-state index contributed by atoms with van der Waals surface area (Å²) in [6.45, 7) is 6.59. The summed E-state index contributed by atoms with van der Waals surface area (Å²) < 4.78 is 22.8. The molecular weight excluding hydrogens is 414 g/mol. The summed E-state index contributed by atoms with van der Waals surface area (Å²) in [6, 6.07) is 5.66. The molecule has 7 nitrogen and oxygen atoms in total. The van der Waals surface area contributed by atoms with Gasteiger partial charge in [-0.15, -0.1) is 11.3 Å². The van der Waals surface area contributed by atoms with E-state index in [9.17, 15) is 0 Å². The van der Waals surface area contributed by atoms with Crippen LogP contribution in [0, 0.1) is 5.92 Å². The highest BCUT2D eigenvalue weighted by molar-refractivity contribution is 7.18. The van der Waals surface area contributed by atoms with Gasteiger partial charge in [0.05, 0.1) is 25.1 Å². The molecule has 2 aliphatic heterocycles. The van der Waals surface area contributed by atoms with Crippen molar-refractivity contribution >= 4 is 21.6 Å². The summed E-state index contributed by atoms with van der Waals surface area (Å²) in [7, 11) is 0. The largest absolute Gasteiger partial charge is 0.454 e. The summed E-state index contributed by atoms with van der Waals surface area (Å²) in [4.78, 5) is 14.7. The van der Waals surface area contributed by atoms with E-state index >= 15 is 0 Å². The molecule has 0 bridgehead atoms. The number of hydrogen-bond donors (Lipinski definition) is 0. The predicted molar refractivity (Wildman–Crippen MR) is 117 cm³/mol. The Morgan fingerprint density at radius 3 is 2.94 bits per heavy atom. The Bertz CT molecular complexity index is 1130. The molecule has 4 heterocycles. The van der Waals surface area contributed by atoms with Gasteiger partial charge in [0, 0.05) is 24.0 Å². The minimum absolute atomic E-state index is 0.246. The molecule has 1 atom stereocenters. The van der Waals surface area contributed by atoms with Crippen LogP contribution >= 0.6 is 11.3 Å². The van der Waals surface area contributed by atoms with Gasteiger partial charge in [-0.2, -0.15) is 4.98 Å². The molecule has 0 N–H and O–H groups in total. The summed E-state index contributed by atoms with van der Waals surface area (Å²) in [6.07, 6.45) is 3.36. The fraction of sp³-hybridized carbons (Fsp3) is 0.478. The average molecular weight is 440 g/mol. The molecule has 1 aliphatic carbocycles. The fourth-order valence-electron chi connectivity index (χ4n) is 4.51. The molecule has 162 valence electrons. The van der Waals surface area contributed by atoms with Crippen molar-refractivity contribution in [1.29, 1.82) is 0 Å². The van der Waals surface area contributed by atoms with Crippen molar-refractivity contribution in [3.63, 3.8) is 0 Å². The molecule has 0 radical (unpaired) electrons. The van der Waals surface area contributed by atoms with E-state index in [4.69, 9.17) is 28.9 Å². The molecular formula is C23H25N3O4S. The van der Waals surface area contributed by atoms with Crippen molar-refractivity contribution in [3.05, 3.63) is 34.5 Å². The Morgan fingerprint density at radius 2 is 2.03 bits per heavy atom. The number of fused-ring (bicyclic) bond motifs is 4. The van der Waals surface area contributed by atoms with Crippen LogP contribution in [0.4, 0.5) is 0 Å². The van der Waals surface area contributed by atoms with Crippen LogP contribution in [0.15, 0.2) is 18.2 Å². The molecule has 1 saturated heterocycles. The van der Waals surface area contributed by atoms with E-state index < -0.39 is 0 Å². The van der Waals surface area contributed by atoms with Gasteiger partial charge in [0.2, 0.25) is 12.7 Å². The molecule has 1 aromatic carbocycles. The molecule has 0 spiro atoms. The van der Waals surface area contributed by atoms with Crippen LogP contribution in [0.25, 0.3) is 10.2 Å². The van der Waals surface area contributed by atoms with E-state index in [1.54, 1.807) is 11.3 Å². The second-order valence-corrected chi connectivity index (χ2v) is 9.57. The molecule has 8 heteroatoms. The van der Waals surface area contributed by atoms with Crippen molar-refractivity contribution < 1.29 is 18.9 Å². The second-order valence-electron chi connectivity index (χ2n) is 8.48. The SMILES string of the molecule is CC1CCc2c(sc3nc(CN4CCOCC4)nc(Oc4ccc5c(c4)OCO5)c23)C1. The number of ether oxygens (including phenoxy) is 4. The van der Waals surface area contributed by atoms with Crippen LogP contribution in [-0.2, 0) is 24.1 Å². The predicted octanol–water partition coefficient (Wildman–Crippen LogP) is 4.17. The van der Waals surface area contributed by atoms with Gasteiger partial charge in [0.15, 0.2) is 11.5 Å². The maximum Gasteiger partial charge on any atom is 0.231 e. The zero-order chi connectivity index (χ0) is 20.8. The first-order valence-electron chi connectivity index (χ1n) is 10.9. The van der Waals surface area contributed by atoms with Crippen molar-refractivity contribution in [3.8, 4) is 23.1 Å². The number of morpholine rings is 1. The molecule has 3 aromatic rings. The first kappa shape index (κ1) is 19.3. The number of rotatable bonds is 4. The van der Waals surface area contributed by atoms with Gasteiger partial charge in [0.1, 0.15) is 16.4 Å². The molecule has 1 unspecified atom stereocenters. The first-order valence-corrected chi connectivity index (χ1v) is 11.7. The van der Waals surface area contributed by atoms with E-state index in [-0.39, 0.29) is 6.79 Å². The molecule has 6 rings (SSSR count). The molecule has 31 heavy (non-hydrogen) atoms. The van der Waals surface area contributed by atoms with Gasteiger partial charge in [0.25, 0.3) is 0 Å². The molecule has 0 amide bonds. The molecule has 2 aromatic heterocycles. The number of nitrogens with zero attached hydrogens (tertiary/aromatic N) is 3. The third kappa shape index (κ3) is 3.73. The summed E-state index contributed by atoms with van der Waals surface area (Å²) in [5.74, 6) is 4.31. The lowest BCUT2D eigenvalue weighted by Gasteiger charge is -2.25. The Hall–Kier alpha value is -2.42. The first-order chi connectivity index (χ1) is 15.2. The highest BCUT2D eigenvalue weighted by Crippen LogP contribution is 2.43. The normalized spacial score (nSPS) is 20.7. The van der Waals surface area contributed by atoms with E-state index in [0.29, 0.717) is 29.8 Å². The summed E-state index contributed by atoms with van der Waals surface area (Å²) in [5, 5.41) is 1.08. The van der Waals surface area contributed by atoms with Crippen molar-refractivity contribution in [2.75, 3.05) is 33.1 Å². The van der Waals surface area contributed by atoms with E-state index in [1.807, 2.05) is 18.2 Å². The minimum Gasteiger partial charge on any atom is -0.454 e. The smallest absolute Gasteiger partial charge is 0.231 e. The van der Waals surface area contributed by atoms with Crippen LogP contribution < -0.4 is 14.2 Å². The summed E-state index contributed by atoms with van der Waals surface area (Å²) in [5.41, 5.74) is 1.37. The zero-order valence-electron chi connectivity index (χ0n) is 17.6. The zero-order valence-corrected chi connectivity index (χ0v) is 18.4. The van der Waals surface area contributed by atoms with Gasteiger partial charge in [-0.25, -0.2) is 4.98 Å². The van der Waals surface area contributed by atoms with Gasteiger partial charge in [-0.05, 0) is 42.9 Å². The van der Waals surface area contributed by atoms with Crippen molar-refractivity contribution in [2.45, 2.75) is 32.7 Å². The lowest BCUT2D eigenvalue weighted by molar-refractivity contribution is 0.0330. The number of benzene rings is 1. The third-order valence-electron chi connectivity index (χ3n) is 6.20. The lowest BCUT2D eigenvalue weighted by atomic mass is 9.89. The lowest BCUT2D eigenvalue weighted by Crippen LogP contribution is -2.36. The standard InChI is InChI=1S/C23H25N3O4S/c1-14-2-4-16-19(10-14)31-23-21(16)22(24-20(25-23)12-26-6-8-27-9-7-26)30-15-3-5-17-18(11-15)29-13-28-17/h3,5,11,14H,2,4,6-10,12-13H2,1H3. The Labute approximate surface area is 184 Å². The fourth-order valence-corrected chi connectivity index (χ4v) is 5.90. The van der Waals surface area contributed by atoms with E-state index in [2.05, 4.69) is 11.8 Å². The number of aromatic nitrogens is 2. The second kappa shape index (κ2) is 7.93. The van der Waals surface area contributed by atoms with Crippen molar-refractivity contribution in [2.24, 2.45) is 5.92 Å². The van der Waals surface area contributed by atoms with Gasteiger partial charge >= 0.3 is 0 Å². The molecule has 0 saturated carbocycles. The van der Waals surface area contributed by atoms with Crippen LogP contribution in [0.3, 0.4) is 0 Å². The number of hydrogen-bond acceptors (Lipinski definition) is 8. The minimum atomic E-state index is 0.246. The summed E-state index contributed by atoms with van der Waals surface area (Å²) >= 11 is 1.81. The van der Waals surface area contributed by atoms with Crippen LogP contribution in [0.1, 0.15) is 29.6 Å². The topological polar surface area (TPSA) is 65.9 Å². The third-order valence-corrected chi connectivity index (χ3v) is 7.34. The monoisotopic (exact) mass is 439 g/mol. The van der Waals surface area contributed by atoms with Gasteiger partial charge < -0.3 is 18.9 Å². The highest BCUT2D eigenvalue weighted by atomic mass is 32.1. The average Bonchev–Trinajstić information content (AvgIpc) is 3.37. The quantitative estimate of drug-likeness (QED) is 0.604. The van der Waals surface area contributed by atoms with Gasteiger partial charge in [-0.3, -0.25) is 4.90 Å². The maximum atomic E-state index is 6.37.